The van der Waals surface area contributed by atoms with E-state index in [-0.39, 0.29) is 12.8 Å². The predicted molar refractivity (Wildman–Crippen MR) is 88.0 cm³/mol. The highest BCUT2D eigenvalue weighted by atomic mass is 16.2. The van der Waals surface area contributed by atoms with Gasteiger partial charge >= 0.3 is 0 Å². The van der Waals surface area contributed by atoms with Crippen LogP contribution in [0.25, 0.3) is 0 Å². The fourth-order valence-electron chi connectivity index (χ4n) is 1.91. The first kappa shape index (κ1) is 21.8. The topological polar surface area (TPSA) is 196 Å². The van der Waals surface area contributed by atoms with Gasteiger partial charge < -0.3 is 33.6 Å². The summed E-state index contributed by atoms with van der Waals surface area (Å²) in [6.07, 6.45) is 1.64. The van der Waals surface area contributed by atoms with E-state index < -0.39 is 41.8 Å². The number of hydrogen-bond acceptors (Lipinski definition) is 6. The summed E-state index contributed by atoms with van der Waals surface area (Å²) in [5, 5.41) is 4.87. The smallest absolute Gasteiger partial charge is 0.240 e. The number of rotatable bonds is 12. The van der Waals surface area contributed by atoms with Gasteiger partial charge in [0.1, 0.15) is 12.1 Å². The second-order valence-corrected chi connectivity index (χ2v) is 5.60. The lowest BCUT2D eigenvalue weighted by atomic mass is 10.1. The fourth-order valence-corrected chi connectivity index (χ4v) is 1.91. The van der Waals surface area contributed by atoms with E-state index in [0.29, 0.717) is 25.8 Å². The van der Waals surface area contributed by atoms with Crippen LogP contribution in [0.1, 0.15) is 39.0 Å². The standard InChI is InChI=1S/C14H28N6O4/c1-8(16)14(24)20-10(13(18)23)5-6-11(21)19-9(12(17)22)4-2-3-7-15/h8-10H,2-7,15-16H2,1H3,(H2,17,22)(H2,18,23)(H,19,21)(H,20,24)/t8-,9-,10+/m0/s1. The molecule has 0 aliphatic rings. The van der Waals surface area contributed by atoms with Crippen molar-refractivity contribution in [2.75, 3.05) is 6.54 Å². The minimum Gasteiger partial charge on any atom is -0.368 e. The van der Waals surface area contributed by atoms with Crippen LogP contribution in [0.15, 0.2) is 0 Å². The number of nitrogens with one attached hydrogen (secondary N) is 2. The van der Waals surface area contributed by atoms with Crippen LogP contribution in [0.3, 0.4) is 0 Å². The first-order chi connectivity index (χ1) is 11.2. The van der Waals surface area contributed by atoms with Gasteiger partial charge in [0.25, 0.3) is 0 Å². The Hall–Kier alpha value is -2.20. The van der Waals surface area contributed by atoms with Gasteiger partial charge in [-0.2, -0.15) is 0 Å². The SMILES string of the molecule is C[C@H](N)C(=O)N[C@H](CCC(=O)N[C@@H](CCCCN)C(N)=O)C(N)=O. The summed E-state index contributed by atoms with van der Waals surface area (Å²) in [6, 6.07) is -2.62. The molecule has 3 atom stereocenters. The summed E-state index contributed by atoms with van der Waals surface area (Å²) < 4.78 is 0. The zero-order chi connectivity index (χ0) is 18.7. The fraction of sp³-hybridized carbons (Fsp3) is 0.714. The molecule has 0 aliphatic heterocycles. The van der Waals surface area contributed by atoms with Crippen LogP contribution < -0.4 is 33.6 Å². The summed E-state index contributed by atoms with van der Waals surface area (Å²) >= 11 is 0. The summed E-state index contributed by atoms with van der Waals surface area (Å²) in [6.45, 7) is 1.94. The zero-order valence-electron chi connectivity index (χ0n) is 13.9. The monoisotopic (exact) mass is 344 g/mol. The van der Waals surface area contributed by atoms with Crippen molar-refractivity contribution in [1.82, 2.24) is 10.6 Å². The Kier molecular flexibility index (Phi) is 10.3. The van der Waals surface area contributed by atoms with Crippen molar-refractivity contribution in [2.24, 2.45) is 22.9 Å². The number of unbranched alkanes of at least 4 members (excludes halogenated alkanes) is 1. The molecule has 0 saturated heterocycles. The first-order valence-electron chi connectivity index (χ1n) is 7.83. The second kappa shape index (κ2) is 11.4. The van der Waals surface area contributed by atoms with Gasteiger partial charge in [-0.1, -0.05) is 0 Å². The second-order valence-electron chi connectivity index (χ2n) is 5.60. The first-order valence-corrected chi connectivity index (χ1v) is 7.83. The number of nitrogens with two attached hydrogens (primary N) is 4. The van der Waals surface area contributed by atoms with Gasteiger partial charge in [-0.25, -0.2) is 0 Å². The van der Waals surface area contributed by atoms with Crippen LogP contribution in [0.2, 0.25) is 0 Å². The minimum absolute atomic E-state index is 0.00604. The maximum absolute atomic E-state index is 11.9. The molecule has 0 bridgehead atoms. The van der Waals surface area contributed by atoms with E-state index in [0.717, 1.165) is 0 Å². The normalized spacial score (nSPS) is 14.3. The Balaban J connectivity index is 4.47. The molecular weight excluding hydrogens is 316 g/mol. The lowest BCUT2D eigenvalue weighted by Gasteiger charge is -2.18. The number of primary amides is 2. The molecule has 0 saturated carbocycles. The molecule has 0 aromatic heterocycles. The lowest BCUT2D eigenvalue weighted by Crippen LogP contribution is -2.50. The molecule has 0 aromatic carbocycles. The van der Waals surface area contributed by atoms with Crippen molar-refractivity contribution in [1.29, 1.82) is 0 Å². The molecule has 138 valence electrons. The van der Waals surface area contributed by atoms with E-state index in [4.69, 9.17) is 22.9 Å². The van der Waals surface area contributed by atoms with Gasteiger partial charge in [0.05, 0.1) is 6.04 Å². The summed E-state index contributed by atoms with van der Waals surface area (Å²) in [4.78, 5) is 46.1. The molecule has 0 radical (unpaired) electrons. The molecule has 0 unspecified atom stereocenters. The van der Waals surface area contributed by atoms with E-state index >= 15 is 0 Å². The minimum atomic E-state index is -1.02. The third-order valence-electron chi connectivity index (χ3n) is 3.36. The number of hydrogen-bond donors (Lipinski definition) is 6. The Morgan fingerprint density at radius 1 is 0.917 bits per heavy atom. The van der Waals surface area contributed by atoms with Gasteiger partial charge in [0, 0.05) is 6.42 Å². The summed E-state index contributed by atoms with van der Waals surface area (Å²) in [7, 11) is 0. The van der Waals surface area contributed by atoms with Crippen molar-refractivity contribution in [3.05, 3.63) is 0 Å². The molecule has 0 spiro atoms. The van der Waals surface area contributed by atoms with E-state index in [1.807, 2.05) is 0 Å². The third-order valence-corrected chi connectivity index (χ3v) is 3.36. The maximum Gasteiger partial charge on any atom is 0.240 e. The van der Waals surface area contributed by atoms with E-state index in [2.05, 4.69) is 10.6 Å². The van der Waals surface area contributed by atoms with Gasteiger partial charge in [-0.15, -0.1) is 0 Å². The maximum atomic E-state index is 11.9. The highest BCUT2D eigenvalue weighted by Crippen LogP contribution is 2.03. The Morgan fingerprint density at radius 3 is 1.92 bits per heavy atom. The molecule has 10 heteroatoms. The third kappa shape index (κ3) is 9.06. The highest BCUT2D eigenvalue weighted by molar-refractivity contribution is 5.90. The van der Waals surface area contributed by atoms with Crippen LogP contribution in [0, 0.1) is 0 Å². The van der Waals surface area contributed by atoms with E-state index in [9.17, 15) is 19.2 Å². The van der Waals surface area contributed by atoms with Gasteiger partial charge in [0.2, 0.25) is 23.6 Å². The van der Waals surface area contributed by atoms with Crippen molar-refractivity contribution in [3.8, 4) is 0 Å². The molecule has 0 aromatic rings. The van der Waals surface area contributed by atoms with Crippen LogP contribution in [0.5, 0.6) is 0 Å². The predicted octanol–water partition coefficient (Wildman–Crippen LogP) is -2.82. The number of amides is 4. The van der Waals surface area contributed by atoms with Gasteiger partial charge in [-0.05, 0) is 39.2 Å². The average molecular weight is 344 g/mol. The molecule has 4 amide bonds. The molecule has 24 heavy (non-hydrogen) atoms. The van der Waals surface area contributed by atoms with Crippen molar-refractivity contribution >= 4 is 23.6 Å². The van der Waals surface area contributed by atoms with E-state index in [1.54, 1.807) is 0 Å². The quantitative estimate of drug-likeness (QED) is 0.206. The van der Waals surface area contributed by atoms with Gasteiger partial charge in [-0.3, -0.25) is 19.2 Å². The van der Waals surface area contributed by atoms with Crippen molar-refractivity contribution < 1.29 is 19.2 Å². The Labute approximate surface area is 141 Å². The van der Waals surface area contributed by atoms with Crippen molar-refractivity contribution in [2.45, 2.75) is 57.2 Å². The highest BCUT2D eigenvalue weighted by Gasteiger charge is 2.22. The zero-order valence-corrected chi connectivity index (χ0v) is 13.9. The van der Waals surface area contributed by atoms with E-state index in [1.165, 1.54) is 6.92 Å². The van der Waals surface area contributed by atoms with Crippen molar-refractivity contribution in [3.63, 3.8) is 0 Å². The van der Waals surface area contributed by atoms with Crippen LogP contribution in [-0.4, -0.2) is 48.3 Å². The Bertz CT molecular complexity index is 455. The molecule has 0 aliphatic carbocycles. The summed E-state index contributed by atoms with van der Waals surface area (Å²) in [5.74, 6) is -2.42. The van der Waals surface area contributed by atoms with Crippen LogP contribution in [0.4, 0.5) is 0 Å². The van der Waals surface area contributed by atoms with Gasteiger partial charge in [0.15, 0.2) is 0 Å². The largest absolute Gasteiger partial charge is 0.368 e. The number of carbonyl (C=O) groups is 4. The molecule has 0 rings (SSSR count). The average Bonchev–Trinajstić information content (AvgIpc) is 2.49. The Morgan fingerprint density at radius 2 is 1.46 bits per heavy atom. The molecule has 10 nitrogen and oxygen atoms in total. The molecular formula is C14H28N6O4. The lowest BCUT2D eigenvalue weighted by molar-refractivity contribution is -0.129. The van der Waals surface area contributed by atoms with Crippen LogP contribution in [-0.2, 0) is 19.2 Å². The molecule has 0 heterocycles. The van der Waals surface area contributed by atoms with Crippen LogP contribution >= 0.6 is 0 Å². The number of carbonyl (C=O) groups excluding carboxylic acids is 4. The summed E-state index contributed by atoms with van der Waals surface area (Å²) in [5.41, 5.74) is 21.2. The molecule has 10 N–H and O–H groups in total. The molecule has 0 fully saturated rings.